The maximum Gasteiger partial charge on any atom is 0.317 e. The van der Waals surface area contributed by atoms with Crippen LogP contribution in [0.5, 0.6) is 0 Å². The first kappa shape index (κ1) is 16.0. The summed E-state index contributed by atoms with van der Waals surface area (Å²) in [6.07, 6.45) is 0.482. The fraction of sp³-hybridized carbons (Fsp3) is 0.615. The largest absolute Gasteiger partial charge is 0.481 e. The average molecular weight is 283 g/mol. The minimum absolute atomic E-state index is 0.0526. The number of hydrogen-bond acceptors (Lipinski definition) is 4. The van der Waals surface area contributed by atoms with E-state index in [2.05, 4.69) is 10.5 Å². The third kappa shape index (κ3) is 4.25. The summed E-state index contributed by atoms with van der Waals surface area (Å²) in [4.78, 5) is 23.9. The summed E-state index contributed by atoms with van der Waals surface area (Å²) in [5.74, 6) is -0.174. The van der Waals surface area contributed by atoms with Gasteiger partial charge in [-0.05, 0) is 27.2 Å². The molecule has 1 aromatic rings. The van der Waals surface area contributed by atoms with Gasteiger partial charge in [0, 0.05) is 25.6 Å². The van der Waals surface area contributed by atoms with Crippen molar-refractivity contribution in [2.75, 3.05) is 13.6 Å². The van der Waals surface area contributed by atoms with Crippen LogP contribution >= 0.6 is 0 Å². The molecular formula is C13H21N3O4. The third-order valence-electron chi connectivity index (χ3n) is 3.09. The number of amides is 2. The lowest BCUT2D eigenvalue weighted by atomic mass is 10.1. The van der Waals surface area contributed by atoms with Crippen LogP contribution in [0.4, 0.5) is 4.79 Å². The molecule has 7 heteroatoms. The van der Waals surface area contributed by atoms with E-state index in [4.69, 9.17) is 9.63 Å². The molecule has 2 N–H and O–H groups in total. The fourth-order valence-corrected chi connectivity index (χ4v) is 2.04. The van der Waals surface area contributed by atoms with Gasteiger partial charge in [-0.1, -0.05) is 5.16 Å². The Morgan fingerprint density at radius 2 is 2.10 bits per heavy atom. The second-order valence-electron chi connectivity index (χ2n) is 4.83. The molecule has 1 atom stereocenters. The number of nitrogens with one attached hydrogen (secondary N) is 1. The molecule has 0 aliphatic heterocycles. The summed E-state index contributed by atoms with van der Waals surface area (Å²) in [5.41, 5.74) is 1.63. The number of rotatable bonds is 6. The van der Waals surface area contributed by atoms with Crippen LogP contribution in [0.25, 0.3) is 0 Å². The monoisotopic (exact) mass is 283 g/mol. The number of aryl methyl sites for hydroxylation is 2. The number of nitrogens with zero attached hydrogens (tertiary/aromatic N) is 2. The van der Waals surface area contributed by atoms with E-state index in [0.717, 1.165) is 11.3 Å². The predicted octanol–water partition coefficient (Wildman–Crippen LogP) is 1.86. The summed E-state index contributed by atoms with van der Waals surface area (Å²) in [7, 11) is 1.64. The molecule has 0 aliphatic rings. The van der Waals surface area contributed by atoms with E-state index in [-0.39, 0.29) is 18.5 Å². The standard InChI is InChI=1S/C13H21N3O4/c1-8(12-9(2)15-20-10(12)3)14-13(19)16(4)7-5-6-11(17)18/h8H,5-7H2,1-4H3,(H,14,19)(H,17,18). The quantitative estimate of drug-likeness (QED) is 0.830. The second-order valence-corrected chi connectivity index (χ2v) is 4.83. The van der Waals surface area contributed by atoms with Gasteiger partial charge in [-0.3, -0.25) is 4.79 Å². The number of carbonyl (C=O) groups excluding carboxylic acids is 1. The van der Waals surface area contributed by atoms with Crippen molar-refractivity contribution in [3.63, 3.8) is 0 Å². The number of carboxylic acids is 1. The van der Waals surface area contributed by atoms with E-state index in [1.165, 1.54) is 4.90 Å². The predicted molar refractivity (Wildman–Crippen MR) is 72.4 cm³/mol. The molecule has 0 aromatic carbocycles. The van der Waals surface area contributed by atoms with Gasteiger partial charge in [0.25, 0.3) is 0 Å². The molecule has 0 saturated carbocycles. The van der Waals surface area contributed by atoms with Crippen molar-refractivity contribution >= 4 is 12.0 Å². The molecule has 20 heavy (non-hydrogen) atoms. The van der Waals surface area contributed by atoms with Gasteiger partial charge in [-0.25, -0.2) is 4.79 Å². The zero-order chi connectivity index (χ0) is 15.3. The Labute approximate surface area is 117 Å². The zero-order valence-corrected chi connectivity index (χ0v) is 12.3. The average Bonchev–Trinajstić information content (AvgIpc) is 2.68. The maximum absolute atomic E-state index is 12.0. The van der Waals surface area contributed by atoms with E-state index >= 15 is 0 Å². The SMILES string of the molecule is Cc1noc(C)c1C(C)NC(=O)N(C)CCCC(=O)O. The molecule has 1 rings (SSSR count). The number of carboxylic acid groups (broad SMARTS) is 1. The number of aromatic nitrogens is 1. The van der Waals surface area contributed by atoms with Gasteiger partial charge in [-0.15, -0.1) is 0 Å². The minimum atomic E-state index is -0.858. The molecular weight excluding hydrogens is 262 g/mol. The molecule has 0 fully saturated rings. The highest BCUT2D eigenvalue weighted by molar-refractivity contribution is 5.74. The molecule has 1 unspecified atom stereocenters. The normalized spacial score (nSPS) is 12.0. The number of carbonyl (C=O) groups is 2. The van der Waals surface area contributed by atoms with Crippen molar-refractivity contribution in [1.82, 2.24) is 15.4 Å². The van der Waals surface area contributed by atoms with Gasteiger partial charge in [0.15, 0.2) is 0 Å². The van der Waals surface area contributed by atoms with Gasteiger partial charge >= 0.3 is 12.0 Å². The number of aliphatic carboxylic acids is 1. The molecule has 1 heterocycles. The van der Waals surface area contributed by atoms with Crippen molar-refractivity contribution in [2.24, 2.45) is 0 Å². The van der Waals surface area contributed by atoms with Crippen LogP contribution in [0.1, 0.15) is 42.8 Å². The van der Waals surface area contributed by atoms with Crippen LogP contribution < -0.4 is 5.32 Å². The van der Waals surface area contributed by atoms with Crippen LogP contribution in [0.2, 0.25) is 0 Å². The van der Waals surface area contributed by atoms with Crippen molar-refractivity contribution in [1.29, 1.82) is 0 Å². The van der Waals surface area contributed by atoms with E-state index in [0.29, 0.717) is 18.7 Å². The van der Waals surface area contributed by atoms with Crippen LogP contribution in [-0.2, 0) is 4.79 Å². The molecule has 0 bridgehead atoms. The van der Waals surface area contributed by atoms with Crippen LogP contribution in [0, 0.1) is 13.8 Å². The Morgan fingerprint density at radius 3 is 2.60 bits per heavy atom. The molecule has 112 valence electrons. The first-order valence-corrected chi connectivity index (χ1v) is 6.49. The summed E-state index contributed by atoms with van der Waals surface area (Å²) in [6, 6.07) is -0.460. The molecule has 0 spiro atoms. The molecule has 0 aliphatic carbocycles. The first-order valence-electron chi connectivity index (χ1n) is 6.49. The lowest BCUT2D eigenvalue weighted by Gasteiger charge is -2.21. The smallest absolute Gasteiger partial charge is 0.317 e. The fourth-order valence-electron chi connectivity index (χ4n) is 2.04. The lowest BCUT2D eigenvalue weighted by molar-refractivity contribution is -0.137. The molecule has 1 aromatic heterocycles. The van der Waals surface area contributed by atoms with Crippen LogP contribution in [0.15, 0.2) is 4.52 Å². The summed E-state index contributed by atoms with van der Waals surface area (Å²) in [6.45, 7) is 5.88. The number of hydrogen-bond donors (Lipinski definition) is 2. The third-order valence-corrected chi connectivity index (χ3v) is 3.09. The van der Waals surface area contributed by atoms with Gasteiger partial charge in [-0.2, -0.15) is 0 Å². The van der Waals surface area contributed by atoms with E-state index in [1.54, 1.807) is 14.0 Å². The Morgan fingerprint density at radius 1 is 1.45 bits per heavy atom. The van der Waals surface area contributed by atoms with Crippen LogP contribution in [0.3, 0.4) is 0 Å². The van der Waals surface area contributed by atoms with Gasteiger partial charge in [0.1, 0.15) is 5.76 Å². The topological polar surface area (TPSA) is 95.7 Å². The molecule has 0 saturated heterocycles. The maximum atomic E-state index is 12.0. The van der Waals surface area contributed by atoms with Gasteiger partial charge < -0.3 is 19.8 Å². The Kier molecular flexibility index (Phi) is 5.54. The van der Waals surface area contributed by atoms with Crippen LogP contribution in [-0.4, -0.2) is 40.8 Å². The highest BCUT2D eigenvalue weighted by atomic mass is 16.5. The molecule has 7 nitrogen and oxygen atoms in total. The highest BCUT2D eigenvalue weighted by Gasteiger charge is 2.19. The van der Waals surface area contributed by atoms with Gasteiger partial charge in [0.2, 0.25) is 0 Å². The van der Waals surface area contributed by atoms with Crippen molar-refractivity contribution in [3.8, 4) is 0 Å². The summed E-state index contributed by atoms with van der Waals surface area (Å²) >= 11 is 0. The Bertz CT molecular complexity index is 464. The second kappa shape index (κ2) is 6.93. The van der Waals surface area contributed by atoms with Crippen molar-refractivity contribution < 1.29 is 19.2 Å². The summed E-state index contributed by atoms with van der Waals surface area (Å²) < 4.78 is 5.07. The van der Waals surface area contributed by atoms with Crippen molar-refractivity contribution in [3.05, 3.63) is 17.0 Å². The molecule has 2 amide bonds. The Hall–Kier alpha value is -2.05. The molecule has 0 radical (unpaired) electrons. The van der Waals surface area contributed by atoms with E-state index in [1.807, 2.05) is 13.8 Å². The van der Waals surface area contributed by atoms with E-state index < -0.39 is 5.97 Å². The van der Waals surface area contributed by atoms with Crippen molar-refractivity contribution in [2.45, 2.75) is 39.7 Å². The van der Waals surface area contributed by atoms with Gasteiger partial charge in [0.05, 0.1) is 11.7 Å². The lowest BCUT2D eigenvalue weighted by Crippen LogP contribution is -2.39. The highest BCUT2D eigenvalue weighted by Crippen LogP contribution is 2.20. The minimum Gasteiger partial charge on any atom is -0.481 e. The Balaban J connectivity index is 2.51. The number of urea groups is 1. The first-order chi connectivity index (χ1) is 9.32. The zero-order valence-electron chi connectivity index (χ0n) is 12.3. The van der Waals surface area contributed by atoms with E-state index in [9.17, 15) is 9.59 Å². The summed E-state index contributed by atoms with van der Waals surface area (Å²) in [5, 5.41) is 15.3.